The number of benzene rings is 8. The van der Waals surface area contributed by atoms with Crippen molar-refractivity contribution < 1.29 is 0 Å². The Morgan fingerprint density at radius 2 is 0.915 bits per heavy atom. The molecule has 0 amide bonds. The first-order chi connectivity index (χ1) is 23.2. The fraction of sp³-hybridized carbons (Fsp3) is 0.0217. The van der Waals surface area contributed by atoms with Crippen LogP contribution in [0.25, 0.3) is 87.6 Å². The van der Waals surface area contributed by atoms with E-state index in [0.29, 0.717) is 0 Å². The van der Waals surface area contributed by atoms with Crippen molar-refractivity contribution in [3.63, 3.8) is 0 Å². The van der Waals surface area contributed by atoms with Gasteiger partial charge < -0.3 is 0 Å². The fourth-order valence-electron chi connectivity index (χ4n) is 7.48. The minimum absolute atomic E-state index is 1.14. The average molecular weight is 598 g/mol. The van der Waals surface area contributed by atoms with Crippen LogP contribution < -0.4 is 0 Å². The minimum atomic E-state index is 1.14. The standard InChI is InChI=1S/C46H31N/c1-30-19-20-33-28-34(22-21-32(33)27-30)45-39-15-7-9-17-41(39)46(42-18-10-8-16-40(42)45)43-24-23-38(36-13-5-6-14-37(36)43)44-29-47-26-25-35(44)31-11-3-2-4-12-31/h2-29H,1H3. The number of rotatable bonds is 4. The maximum Gasteiger partial charge on any atom is 0.0352 e. The summed E-state index contributed by atoms with van der Waals surface area (Å²) in [6.07, 6.45) is 3.90. The first-order valence-corrected chi connectivity index (χ1v) is 16.2. The Kier molecular flexibility index (Phi) is 6.43. The summed E-state index contributed by atoms with van der Waals surface area (Å²) in [5.74, 6) is 0. The number of aromatic nitrogens is 1. The van der Waals surface area contributed by atoms with Gasteiger partial charge in [-0.3, -0.25) is 4.98 Å². The molecule has 220 valence electrons. The summed E-state index contributed by atoms with van der Waals surface area (Å²) >= 11 is 0. The third-order valence-corrected chi connectivity index (χ3v) is 9.61. The third kappa shape index (κ3) is 4.51. The zero-order valence-corrected chi connectivity index (χ0v) is 26.1. The van der Waals surface area contributed by atoms with Gasteiger partial charge in [0, 0.05) is 18.0 Å². The predicted molar refractivity (Wildman–Crippen MR) is 201 cm³/mol. The Bertz CT molecular complexity index is 2570. The van der Waals surface area contributed by atoms with E-state index in [9.17, 15) is 0 Å². The molecule has 0 aliphatic rings. The quantitative estimate of drug-likeness (QED) is 0.184. The first-order valence-electron chi connectivity index (χ1n) is 16.2. The summed E-state index contributed by atoms with van der Waals surface area (Å²) in [6.45, 7) is 2.16. The lowest BCUT2D eigenvalue weighted by Gasteiger charge is -2.20. The van der Waals surface area contributed by atoms with Crippen LogP contribution in [0, 0.1) is 6.92 Å². The van der Waals surface area contributed by atoms with Gasteiger partial charge >= 0.3 is 0 Å². The lowest BCUT2D eigenvalue weighted by Crippen LogP contribution is -1.93. The third-order valence-electron chi connectivity index (χ3n) is 9.61. The number of hydrogen-bond donors (Lipinski definition) is 0. The largest absolute Gasteiger partial charge is 0.264 e. The normalized spacial score (nSPS) is 11.5. The van der Waals surface area contributed by atoms with Crippen LogP contribution in [-0.4, -0.2) is 4.98 Å². The molecule has 0 spiro atoms. The molecule has 1 heteroatoms. The Balaban J connectivity index is 1.33. The highest BCUT2D eigenvalue weighted by molar-refractivity contribution is 6.24. The maximum atomic E-state index is 4.58. The van der Waals surface area contributed by atoms with Gasteiger partial charge in [-0.15, -0.1) is 0 Å². The molecular formula is C46H31N. The molecule has 1 aromatic heterocycles. The zero-order valence-electron chi connectivity index (χ0n) is 26.1. The molecule has 0 radical (unpaired) electrons. The summed E-state index contributed by atoms with van der Waals surface area (Å²) in [6, 6.07) is 57.7. The average Bonchev–Trinajstić information content (AvgIpc) is 3.14. The molecule has 8 aromatic carbocycles. The molecule has 0 N–H and O–H groups in total. The van der Waals surface area contributed by atoms with Gasteiger partial charge in [0.25, 0.3) is 0 Å². The van der Waals surface area contributed by atoms with E-state index in [0.717, 1.165) is 5.56 Å². The Hall–Kier alpha value is -6.05. The van der Waals surface area contributed by atoms with E-state index in [1.807, 2.05) is 12.4 Å². The van der Waals surface area contributed by atoms with Gasteiger partial charge in [-0.2, -0.15) is 0 Å². The van der Waals surface area contributed by atoms with Crippen LogP contribution in [0.1, 0.15) is 5.56 Å². The fourth-order valence-corrected chi connectivity index (χ4v) is 7.48. The van der Waals surface area contributed by atoms with Crippen LogP contribution in [-0.2, 0) is 0 Å². The zero-order chi connectivity index (χ0) is 31.3. The van der Waals surface area contributed by atoms with Gasteiger partial charge in [0.15, 0.2) is 0 Å². The second-order valence-electron chi connectivity index (χ2n) is 12.4. The Morgan fingerprint density at radius 1 is 0.362 bits per heavy atom. The van der Waals surface area contributed by atoms with Gasteiger partial charge in [0.2, 0.25) is 0 Å². The van der Waals surface area contributed by atoms with Crippen molar-refractivity contribution in [3.05, 3.63) is 176 Å². The molecule has 0 atom stereocenters. The van der Waals surface area contributed by atoms with Crippen molar-refractivity contribution in [2.45, 2.75) is 6.92 Å². The van der Waals surface area contributed by atoms with Gasteiger partial charge in [-0.05, 0) is 101 Å². The van der Waals surface area contributed by atoms with E-state index in [2.05, 4.69) is 170 Å². The van der Waals surface area contributed by atoms with Crippen LogP contribution >= 0.6 is 0 Å². The van der Waals surface area contributed by atoms with Gasteiger partial charge in [0.1, 0.15) is 0 Å². The molecule has 47 heavy (non-hydrogen) atoms. The lowest BCUT2D eigenvalue weighted by atomic mass is 9.83. The van der Waals surface area contributed by atoms with E-state index >= 15 is 0 Å². The second kappa shape index (κ2) is 11.1. The Morgan fingerprint density at radius 3 is 1.62 bits per heavy atom. The summed E-state index contributed by atoms with van der Waals surface area (Å²) < 4.78 is 0. The first kappa shape index (κ1) is 27.3. The minimum Gasteiger partial charge on any atom is -0.264 e. The molecule has 1 nitrogen and oxygen atoms in total. The highest BCUT2D eigenvalue weighted by Gasteiger charge is 2.20. The molecule has 0 saturated heterocycles. The topological polar surface area (TPSA) is 12.9 Å². The molecule has 1 heterocycles. The second-order valence-corrected chi connectivity index (χ2v) is 12.4. The summed E-state index contributed by atoms with van der Waals surface area (Å²) in [5.41, 5.74) is 11.0. The SMILES string of the molecule is Cc1ccc2cc(-c3c4ccccc4c(-c4ccc(-c5cnccc5-c5ccccc5)c5ccccc45)c4ccccc34)ccc2c1. The van der Waals surface area contributed by atoms with Crippen LogP contribution in [0.5, 0.6) is 0 Å². The number of hydrogen-bond acceptors (Lipinski definition) is 1. The van der Waals surface area contributed by atoms with Crippen molar-refractivity contribution in [2.24, 2.45) is 0 Å². The van der Waals surface area contributed by atoms with Crippen molar-refractivity contribution in [3.8, 4) is 44.5 Å². The predicted octanol–water partition coefficient (Wildman–Crippen LogP) is 12.7. The molecule has 0 bridgehead atoms. The van der Waals surface area contributed by atoms with E-state index in [4.69, 9.17) is 0 Å². The van der Waals surface area contributed by atoms with Crippen molar-refractivity contribution in [1.29, 1.82) is 0 Å². The van der Waals surface area contributed by atoms with Crippen LogP contribution in [0.15, 0.2) is 170 Å². The summed E-state index contributed by atoms with van der Waals surface area (Å²) in [5, 5.41) is 10.0. The molecule has 9 rings (SSSR count). The molecule has 0 fully saturated rings. The highest BCUT2D eigenvalue weighted by Crippen LogP contribution is 2.47. The lowest BCUT2D eigenvalue weighted by molar-refractivity contribution is 1.33. The van der Waals surface area contributed by atoms with Gasteiger partial charge in [-0.1, -0.05) is 151 Å². The van der Waals surface area contributed by atoms with E-state index in [-0.39, 0.29) is 0 Å². The number of nitrogens with zero attached hydrogens (tertiary/aromatic N) is 1. The van der Waals surface area contributed by atoms with E-state index in [1.54, 1.807) is 0 Å². The summed E-state index contributed by atoms with van der Waals surface area (Å²) in [4.78, 5) is 4.58. The van der Waals surface area contributed by atoms with Crippen molar-refractivity contribution in [1.82, 2.24) is 4.98 Å². The Labute approximate surface area is 274 Å². The van der Waals surface area contributed by atoms with Gasteiger partial charge in [0.05, 0.1) is 0 Å². The smallest absolute Gasteiger partial charge is 0.0352 e. The number of aryl methyl sites for hydroxylation is 1. The maximum absolute atomic E-state index is 4.58. The summed E-state index contributed by atoms with van der Waals surface area (Å²) in [7, 11) is 0. The number of fused-ring (bicyclic) bond motifs is 4. The molecule has 0 aliphatic heterocycles. The molecule has 0 saturated carbocycles. The van der Waals surface area contributed by atoms with Crippen LogP contribution in [0.4, 0.5) is 0 Å². The van der Waals surface area contributed by atoms with Crippen LogP contribution in [0.2, 0.25) is 0 Å². The highest BCUT2D eigenvalue weighted by atomic mass is 14.6. The molecule has 0 aliphatic carbocycles. The van der Waals surface area contributed by atoms with E-state index in [1.165, 1.54) is 87.6 Å². The number of pyridine rings is 1. The van der Waals surface area contributed by atoms with Crippen molar-refractivity contribution >= 4 is 43.1 Å². The monoisotopic (exact) mass is 597 g/mol. The van der Waals surface area contributed by atoms with Crippen molar-refractivity contribution in [2.75, 3.05) is 0 Å². The molecule has 9 aromatic rings. The van der Waals surface area contributed by atoms with E-state index < -0.39 is 0 Å². The van der Waals surface area contributed by atoms with Gasteiger partial charge in [-0.25, -0.2) is 0 Å². The molecular weight excluding hydrogens is 567 g/mol. The van der Waals surface area contributed by atoms with Crippen LogP contribution in [0.3, 0.4) is 0 Å². The molecule has 0 unspecified atom stereocenters.